The fourth-order valence-corrected chi connectivity index (χ4v) is 4.48. The Hall–Kier alpha value is -3.78. The molecule has 0 fully saturated rings. The molecular weight excluding hydrogens is 444 g/mol. The average molecular weight is 469 g/mol. The number of rotatable bonds is 7. The van der Waals surface area contributed by atoms with Gasteiger partial charge in [0.25, 0.3) is 0 Å². The molecule has 0 spiro atoms. The van der Waals surface area contributed by atoms with Crippen LogP contribution in [0.4, 0.5) is 0 Å². The Kier molecular flexibility index (Phi) is 6.22. The summed E-state index contributed by atoms with van der Waals surface area (Å²) in [5, 5.41) is 13.9. The quantitative estimate of drug-likeness (QED) is 0.267. The lowest BCUT2D eigenvalue weighted by atomic mass is 10.0. The van der Waals surface area contributed by atoms with Crippen LogP contribution in [0.15, 0.2) is 82.7 Å². The van der Waals surface area contributed by atoms with Gasteiger partial charge in [0.1, 0.15) is 0 Å². The fraction of sp³-hybridized carbons (Fsp3) is 0.192. The molecule has 0 saturated carbocycles. The zero-order valence-electron chi connectivity index (χ0n) is 19.2. The van der Waals surface area contributed by atoms with Gasteiger partial charge in [-0.25, -0.2) is 0 Å². The highest BCUT2D eigenvalue weighted by atomic mass is 32.2. The van der Waals surface area contributed by atoms with Crippen molar-refractivity contribution in [3.63, 3.8) is 0 Å². The molecule has 0 amide bonds. The largest absolute Gasteiger partial charge is 0.338 e. The summed E-state index contributed by atoms with van der Waals surface area (Å²) in [5.74, 6) is 2.68. The van der Waals surface area contributed by atoms with E-state index in [2.05, 4.69) is 68.9 Å². The van der Waals surface area contributed by atoms with Gasteiger partial charge >= 0.3 is 0 Å². The van der Waals surface area contributed by atoms with Gasteiger partial charge in [-0.3, -0.25) is 9.55 Å². The van der Waals surface area contributed by atoms with Crippen molar-refractivity contribution < 1.29 is 4.52 Å². The summed E-state index contributed by atoms with van der Waals surface area (Å²) in [6.07, 6.45) is 3.56. The number of para-hydroxylation sites is 1. The van der Waals surface area contributed by atoms with Crippen LogP contribution in [-0.2, 0) is 5.75 Å². The van der Waals surface area contributed by atoms with E-state index in [-0.39, 0.29) is 0 Å². The van der Waals surface area contributed by atoms with Gasteiger partial charge in [-0.05, 0) is 36.6 Å². The van der Waals surface area contributed by atoms with Gasteiger partial charge in [0.15, 0.2) is 11.0 Å². The maximum absolute atomic E-state index is 5.52. The predicted molar refractivity (Wildman–Crippen MR) is 133 cm³/mol. The number of aryl methyl sites for hydroxylation is 1. The number of hydrogen-bond acceptors (Lipinski definition) is 7. The number of nitrogens with zero attached hydrogens (tertiary/aromatic N) is 6. The van der Waals surface area contributed by atoms with Crippen molar-refractivity contribution >= 4 is 11.8 Å². The Bertz CT molecular complexity index is 1390. The minimum absolute atomic E-state index is 0.339. The minimum Gasteiger partial charge on any atom is -0.338 e. The molecule has 3 heterocycles. The molecule has 7 nitrogen and oxygen atoms in total. The van der Waals surface area contributed by atoms with E-state index in [0.29, 0.717) is 23.4 Å². The number of benzene rings is 2. The predicted octanol–water partition coefficient (Wildman–Crippen LogP) is 6.10. The summed E-state index contributed by atoms with van der Waals surface area (Å²) < 4.78 is 7.61. The first-order valence-electron chi connectivity index (χ1n) is 11.1. The molecule has 0 aliphatic carbocycles. The summed E-state index contributed by atoms with van der Waals surface area (Å²) in [7, 11) is 0. The third kappa shape index (κ3) is 4.49. The van der Waals surface area contributed by atoms with Gasteiger partial charge in [0.2, 0.25) is 11.7 Å². The van der Waals surface area contributed by atoms with Crippen LogP contribution < -0.4 is 0 Å². The van der Waals surface area contributed by atoms with Crippen LogP contribution in [0.5, 0.6) is 0 Å². The second-order valence-electron chi connectivity index (χ2n) is 8.26. The van der Waals surface area contributed by atoms with E-state index < -0.39 is 0 Å². The van der Waals surface area contributed by atoms with Crippen LogP contribution >= 0.6 is 11.8 Å². The molecule has 0 bridgehead atoms. The number of thioether (sulfide) groups is 1. The molecule has 0 radical (unpaired) electrons. The molecule has 8 heteroatoms. The first kappa shape index (κ1) is 22.0. The van der Waals surface area contributed by atoms with Crippen molar-refractivity contribution in [2.75, 3.05) is 0 Å². The number of aromatic nitrogens is 6. The van der Waals surface area contributed by atoms with Gasteiger partial charge in [0, 0.05) is 23.5 Å². The van der Waals surface area contributed by atoms with Crippen LogP contribution in [0.2, 0.25) is 0 Å². The van der Waals surface area contributed by atoms with Gasteiger partial charge in [-0.1, -0.05) is 78.8 Å². The van der Waals surface area contributed by atoms with E-state index in [4.69, 9.17) is 4.52 Å². The zero-order valence-corrected chi connectivity index (χ0v) is 20.0. The summed E-state index contributed by atoms with van der Waals surface area (Å²) in [5.41, 5.74) is 5.29. The van der Waals surface area contributed by atoms with E-state index in [1.54, 1.807) is 12.4 Å². The molecule has 0 aliphatic heterocycles. The lowest BCUT2D eigenvalue weighted by Crippen LogP contribution is -2.05. The van der Waals surface area contributed by atoms with E-state index in [9.17, 15) is 0 Å². The molecule has 0 atom stereocenters. The van der Waals surface area contributed by atoms with Crippen molar-refractivity contribution in [1.82, 2.24) is 29.9 Å². The molecular formula is C26H24N6OS. The third-order valence-corrected chi connectivity index (χ3v) is 6.37. The molecule has 0 N–H and O–H groups in total. The Morgan fingerprint density at radius 3 is 2.53 bits per heavy atom. The van der Waals surface area contributed by atoms with Crippen LogP contribution in [0, 0.1) is 6.92 Å². The highest BCUT2D eigenvalue weighted by Crippen LogP contribution is 2.33. The lowest BCUT2D eigenvalue weighted by Gasteiger charge is -2.16. The molecule has 170 valence electrons. The SMILES string of the molecule is Cc1ccc(-c2noc(CSc3nnc(-c4cccnc4)n3-c3ccccc3C(C)C)n2)cc1. The lowest BCUT2D eigenvalue weighted by molar-refractivity contribution is 0.391. The smallest absolute Gasteiger partial charge is 0.237 e. The Labute approximate surface area is 202 Å². The molecule has 34 heavy (non-hydrogen) atoms. The standard InChI is InChI=1S/C26H24N6OS/c1-17(2)21-8-4-5-9-22(21)32-25(20-7-6-14-27-15-20)29-30-26(32)34-16-23-28-24(31-33-23)19-12-10-18(3)11-13-19/h4-15,17H,16H2,1-3H3. The van der Waals surface area contributed by atoms with Crippen molar-refractivity contribution in [2.45, 2.75) is 37.6 Å². The van der Waals surface area contributed by atoms with Crippen molar-refractivity contribution in [1.29, 1.82) is 0 Å². The third-order valence-electron chi connectivity index (χ3n) is 5.46. The van der Waals surface area contributed by atoms with E-state index in [0.717, 1.165) is 27.8 Å². The second-order valence-corrected chi connectivity index (χ2v) is 9.21. The topological polar surface area (TPSA) is 82.5 Å². The maximum Gasteiger partial charge on any atom is 0.237 e. The Morgan fingerprint density at radius 1 is 0.941 bits per heavy atom. The number of pyridine rings is 1. The Morgan fingerprint density at radius 2 is 1.76 bits per heavy atom. The van der Waals surface area contributed by atoms with Crippen LogP contribution in [0.25, 0.3) is 28.5 Å². The maximum atomic E-state index is 5.52. The highest BCUT2D eigenvalue weighted by molar-refractivity contribution is 7.98. The van der Waals surface area contributed by atoms with E-state index >= 15 is 0 Å². The first-order valence-corrected chi connectivity index (χ1v) is 12.1. The van der Waals surface area contributed by atoms with Crippen molar-refractivity contribution in [2.24, 2.45) is 0 Å². The molecule has 2 aromatic carbocycles. The summed E-state index contributed by atoms with van der Waals surface area (Å²) >= 11 is 1.51. The summed E-state index contributed by atoms with van der Waals surface area (Å²) in [4.78, 5) is 8.84. The highest BCUT2D eigenvalue weighted by Gasteiger charge is 2.20. The van der Waals surface area contributed by atoms with E-state index in [1.165, 1.54) is 22.9 Å². The molecule has 0 aliphatic rings. The normalized spacial score (nSPS) is 11.3. The van der Waals surface area contributed by atoms with Crippen molar-refractivity contribution in [3.8, 4) is 28.5 Å². The Balaban J connectivity index is 1.48. The summed E-state index contributed by atoms with van der Waals surface area (Å²) in [6, 6.07) is 20.3. The van der Waals surface area contributed by atoms with Gasteiger partial charge in [-0.15, -0.1) is 10.2 Å². The molecule has 5 rings (SSSR count). The molecule has 3 aromatic heterocycles. The van der Waals surface area contributed by atoms with E-state index in [1.807, 2.05) is 42.5 Å². The van der Waals surface area contributed by atoms with Crippen LogP contribution in [-0.4, -0.2) is 29.9 Å². The van der Waals surface area contributed by atoms with Gasteiger partial charge in [-0.2, -0.15) is 4.98 Å². The van der Waals surface area contributed by atoms with Crippen LogP contribution in [0.3, 0.4) is 0 Å². The second kappa shape index (κ2) is 9.61. The molecule has 0 unspecified atom stereocenters. The average Bonchev–Trinajstić information content (AvgIpc) is 3.51. The molecule has 5 aromatic rings. The van der Waals surface area contributed by atoms with Crippen LogP contribution in [0.1, 0.15) is 36.8 Å². The molecule has 0 saturated heterocycles. The van der Waals surface area contributed by atoms with Gasteiger partial charge < -0.3 is 4.52 Å². The minimum atomic E-state index is 0.339. The fourth-order valence-electron chi connectivity index (χ4n) is 3.70. The first-order chi connectivity index (χ1) is 16.6. The zero-order chi connectivity index (χ0) is 23.5. The number of hydrogen-bond donors (Lipinski definition) is 0. The van der Waals surface area contributed by atoms with Gasteiger partial charge in [0.05, 0.1) is 11.4 Å². The monoisotopic (exact) mass is 468 g/mol. The summed E-state index contributed by atoms with van der Waals surface area (Å²) in [6.45, 7) is 6.42. The van der Waals surface area contributed by atoms with Crippen molar-refractivity contribution in [3.05, 3.63) is 90.1 Å².